The highest BCUT2D eigenvalue weighted by Gasteiger charge is 2.34. The van der Waals surface area contributed by atoms with Crippen molar-refractivity contribution in [1.29, 1.82) is 0 Å². The Kier molecular flexibility index (Phi) is 3.77. The van der Waals surface area contributed by atoms with Gasteiger partial charge in [-0.05, 0) is 12.1 Å². The Morgan fingerprint density at radius 1 is 1.35 bits per heavy atom. The fourth-order valence-corrected chi connectivity index (χ4v) is 1.05. The predicted molar refractivity (Wildman–Crippen MR) is 53.7 cm³/mol. The van der Waals surface area contributed by atoms with E-state index in [4.69, 9.17) is 9.84 Å². The summed E-state index contributed by atoms with van der Waals surface area (Å²) in [6.45, 7) is 2.66. The van der Waals surface area contributed by atoms with Gasteiger partial charge in [-0.25, -0.2) is 4.79 Å². The molecule has 0 heterocycles. The first-order chi connectivity index (χ1) is 7.82. The normalized spacial score (nSPS) is 11.0. The fourth-order valence-electron chi connectivity index (χ4n) is 1.05. The third-order valence-corrected chi connectivity index (χ3v) is 1.90. The zero-order chi connectivity index (χ0) is 13.1. The number of hydrogen-bond donors (Lipinski definition) is 1. The van der Waals surface area contributed by atoms with Crippen molar-refractivity contribution in [3.8, 4) is 5.75 Å². The van der Waals surface area contributed by atoms with Gasteiger partial charge in [-0.3, -0.25) is 0 Å². The molecule has 0 atom stereocenters. The number of carboxylic acid groups (broad SMARTS) is 1. The summed E-state index contributed by atoms with van der Waals surface area (Å²) in [5.41, 5.74) is -1.26. The standard InChI is InChI=1S/C11H9F3O3/c1-7(10(15)16)6-17-9-5-3-2-4-8(9)11(12,13)14/h2-5H,1,6H2,(H,15,16). The van der Waals surface area contributed by atoms with Crippen LogP contribution in [0.4, 0.5) is 13.2 Å². The third-order valence-electron chi connectivity index (χ3n) is 1.90. The van der Waals surface area contributed by atoms with Gasteiger partial charge in [-0.2, -0.15) is 13.2 Å². The minimum absolute atomic E-state index is 0.318. The number of para-hydroxylation sites is 1. The Bertz CT molecular complexity index is 438. The number of aliphatic carboxylic acids is 1. The summed E-state index contributed by atoms with van der Waals surface area (Å²) in [6.07, 6.45) is -4.54. The molecule has 17 heavy (non-hydrogen) atoms. The molecule has 0 bridgehead atoms. The fraction of sp³-hybridized carbons (Fsp3) is 0.182. The van der Waals surface area contributed by atoms with Crippen LogP contribution in [0.5, 0.6) is 5.75 Å². The summed E-state index contributed by atoms with van der Waals surface area (Å²) in [5, 5.41) is 8.49. The predicted octanol–water partition coefficient (Wildman–Crippen LogP) is 2.73. The lowest BCUT2D eigenvalue weighted by molar-refractivity contribution is -0.138. The van der Waals surface area contributed by atoms with E-state index >= 15 is 0 Å². The van der Waals surface area contributed by atoms with Crippen molar-refractivity contribution in [2.45, 2.75) is 6.18 Å². The first-order valence-electron chi connectivity index (χ1n) is 4.52. The van der Waals surface area contributed by atoms with E-state index in [1.54, 1.807) is 0 Å². The topological polar surface area (TPSA) is 46.5 Å². The van der Waals surface area contributed by atoms with E-state index in [0.29, 0.717) is 0 Å². The minimum Gasteiger partial charge on any atom is -0.488 e. The van der Waals surface area contributed by atoms with Gasteiger partial charge in [-0.15, -0.1) is 0 Å². The quantitative estimate of drug-likeness (QED) is 0.831. The molecule has 1 aromatic rings. The van der Waals surface area contributed by atoms with Crippen molar-refractivity contribution in [2.75, 3.05) is 6.61 Å². The highest BCUT2D eigenvalue weighted by Crippen LogP contribution is 2.35. The lowest BCUT2D eigenvalue weighted by atomic mass is 10.2. The molecule has 3 nitrogen and oxygen atoms in total. The maximum absolute atomic E-state index is 12.5. The number of ether oxygens (including phenoxy) is 1. The van der Waals surface area contributed by atoms with Crippen LogP contribution in [-0.2, 0) is 11.0 Å². The van der Waals surface area contributed by atoms with Crippen LogP contribution >= 0.6 is 0 Å². The van der Waals surface area contributed by atoms with Crippen molar-refractivity contribution in [2.24, 2.45) is 0 Å². The molecule has 0 unspecified atom stereocenters. The van der Waals surface area contributed by atoms with E-state index < -0.39 is 30.1 Å². The van der Waals surface area contributed by atoms with Crippen LogP contribution in [0.15, 0.2) is 36.4 Å². The van der Waals surface area contributed by atoms with Crippen molar-refractivity contribution in [3.63, 3.8) is 0 Å². The molecule has 0 aliphatic carbocycles. The second kappa shape index (κ2) is 4.90. The highest BCUT2D eigenvalue weighted by atomic mass is 19.4. The molecular formula is C11H9F3O3. The van der Waals surface area contributed by atoms with Crippen LogP contribution < -0.4 is 4.74 Å². The molecule has 0 spiro atoms. The summed E-state index contributed by atoms with van der Waals surface area (Å²) in [7, 11) is 0. The summed E-state index contributed by atoms with van der Waals surface area (Å²) in [6, 6.07) is 4.58. The molecule has 1 rings (SSSR count). The van der Waals surface area contributed by atoms with Gasteiger partial charge in [-0.1, -0.05) is 18.7 Å². The molecule has 92 valence electrons. The number of carbonyl (C=O) groups is 1. The first kappa shape index (κ1) is 13.1. The van der Waals surface area contributed by atoms with Gasteiger partial charge >= 0.3 is 12.1 Å². The molecule has 0 radical (unpaired) electrons. The number of alkyl halides is 3. The number of rotatable bonds is 4. The number of hydrogen-bond acceptors (Lipinski definition) is 2. The number of halogens is 3. The van der Waals surface area contributed by atoms with E-state index in [0.717, 1.165) is 12.1 Å². The van der Waals surface area contributed by atoms with Crippen molar-refractivity contribution < 1.29 is 27.8 Å². The molecule has 0 saturated carbocycles. The highest BCUT2D eigenvalue weighted by molar-refractivity contribution is 5.86. The zero-order valence-corrected chi connectivity index (χ0v) is 8.62. The smallest absolute Gasteiger partial charge is 0.419 e. The van der Waals surface area contributed by atoms with E-state index in [9.17, 15) is 18.0 Å². The number of carboxylic acids is 1. The van der Waals surface area contributed by atoms with Gasteiger partial charge in [0.15, 0.2) is 0 Å². The van der Waals surface area contributed by atoms with Crippen LogP contribution in [0.25, 0.3) is 0 Å². The molecular weight excluding hydrogens is 237 g/mol. The molecule has 0 aliphatic heterocycles. The van der Waals surface area contributed by atoms with Crippen LogP contribution in [-0.4, -0.2) is 17.7 Å². The van der Waals surface area contributed by atoms with E-state index in [2.05, 4.69) is 6.58 Å². The Labute approximate surface area is 95.1 Å². The third kappa shape index (κ3) is 3.51. The van der Waals surface area contributed by atoms with Crippen molar-refractivity contribution >= 4 is 5.97 Å². The second-order valence-corrected chi connectivity index (χ2v) is 3.19. The Balaban J connectivity index is 2.85. The number of benzene rings is 1. The summed E-state index contributed by atoms with van der Waals surface area (Å²) in [4.78, 5) is 10.4. The van der Waals surface area contributed by atoms with Crippen molar-refractivity contribution in [3.05, 3.63) is 42.0 Å². The Morgan fingerprint density at radius 2 is 1.94 bits per heavy atom. The van der Waals surface area contributed by atoms with Gasteiger partial charge in [0.05, 0.1) is 11.1 Å². The molecule has 0 amide bonds. The zero-order valence-electron chi connectivity index (χ0n) is 8.62. The van der Waals surface area contributed by atoms with E-state index in [1.165, 1.54) is 12.1 Å². The van der Waals surface area contributed by atoms with Crippen LogP contribution in [0.3, 0.4) is 0 Å². The maximum atomic E-state index is 12.5. The van der Waals surface area contributed by atoms with Crippen LogP contribution in [0.1, 0.15) is 5.56 Å². The minimum atomic E-state index is -4.54. The lowest BCUT2D eigenvalue weighted by Gasteiger charge is -2.13. The van der Waals surface area contributed by atoms with Gasteiger partial charge < -0.3 is 9.84 Å². The van der Waals surface area contributed by atoms with E-state index in [-0.39, 0.29) is 5.57 Å². The average Bonchev–Trinajstić information content (AvgIpc) is 2.24. The van der Waals surface area contributed by atoms with Crippen molar-refractivity contribution in [1.82, 2.24) is 0 Å². The largest absolute Gasteiger partial charge is 0.488 e. The molecule has 1 N–H and O–H groups in total. The Morgan fingerprint density at radius 3 is 2.47 bits per heavy atom. The summed E-state index contributed by atoms with van der Waals surface area (Å²) < 4.78 is 42.3. The molecule has 6 heteroatoms. The molecule has 1 aromatic carbocycles. The second-order valence-electron chi connectivity index (χ2n) is 3.19. The summed E-state index contributed by atoms with van der Waals surface area (Å²) >= 11 is 0. The van der Waals surface area contributed by atoms with Gasteiger partial charge in [0.1, 0.15) is 12.4 Å². The molecule has 0 saturated heterocycles. The monoisotopic (exact) mass is 246 g/mol. The first-order valence-corrected chi connectivity index (χ1v) is 4.52. The van der Waals surface area contributed by atoms with Gasteiger partial charge in [0.2, 0.25) is 0 Å². The maximum Gasteiger partial charge on any atom is 0.419 e. The molecule has 0 aliphatic rings. The average molecular weight is 246 g/mol. The lowest BCUT2D eigenvalue weighted by Crippen LogP contribution is -2.12. The van der Waals surface area contributed by atoms with Gasteiger partial charge in [0.25, 0.3) is 0 Å². The van der Waals surface area contributed by atoms with E-state index in [1.807, 2.05) is 0 Å². The van der Waals surface area contributed by atoms with Gasteiger partial charge in [0, 0.05) is 0 Å². The molecule has 0 fully saturated rings. The van der Waals surface area contributed by atoms with Crippen LogP contribution in [0.2, 0.25) is 0 Å². The summed E-state index contributed by atoms with van der Waals surface area (Å²) in [5.74, 6) is -1.73. The molecule has 0 aromatic heterocycles. The Hall–Kier alpha value is -1.98. The van der Waals surface area contributed by atoms with Crippen LogP contribution in [0, 0.1) is 0 Å². The SMILES string of the molecule is C=C(COc1ccccc1C(F)(F)F)C(=O)O.